The average Bonchev–Trinajstić information content (AvgIpc) is 3.10. The highest BCUT2D eigenvalue weighted by atomic mass is 16.5. The molecule has 0 radical (unpaired) electrons. The zero-order valence-electron chi connectivity index (χ0n) is 16.0. The summed E-state index contributed by atoms with van der Waals surface area (Å²) in [5.41, 5.74) is 1.79. The maximum absolute atomic E-state index is 5.48. The van der Waals surface area contributed by atoms with E-state index in [1.165, 1.54) is 0 Å². The highest BCUT2D eigenvalue weighted by molar-refractivity contribution is 5.68. The predicted molar refractivity (Wildman–Crippen MR) is 106 cm³/mol. The molecule has 0 saturated carbocycles. The van der Waals surface area contributed by atoms with E-state index >= 15 is 0 Å². The third-order valence-corrected chi connectivity index (χ3v) is 4.04. The van der Waals surface area contributed by atoms with Gasteiger partial charge in [-0.1, -0.05) is 12.1 Å². The number of likely N-dealkylation sites (N-methyl/N-ethyl adjacent to an activating group) is 1. The third kappa shape index (κ3) is 4.53. The summed E-state index contributed by atoms with van der Waals surface area (Å²) < 4.78 is 10.7. The van der Waals surface area contributed by atoms with E-state index in [9.17, 15) is 0 Å². The largest absolute Gasteiger partial charge is 0.496 e. The molecule has 0 bridgehead atoms. The highest BCUT2D eigenvalue weighted by Crippen LogP contribution is 2.30. The van der Waals surface area contributed by atoms with Crippen molar-refractivity contribution in [1.82, 2.24) is 20.2 Å². The van der Waals surface area contributed by atoms with Gasteiger partial charge in [-0.25, -0.2) is 9.97 Å². The Hall–Kier alpha value is -3.13. The first-order valence-electron chi connectivity index (χ1n) is 8.62. The van der Waals surface area contributed by atoms with Crippen molar-refractivity contribution in [2.24, 2.45) is 0 Å². The van der Waals surface area contributed by atoms with E-state index in [-0.39, 0.29) is 0 Å². The Morgan fingerprint density at radius 1 is 1.11 bits per heavy atom. The highest BCUT2D eigenvalue weighted by Gasteiger charge is 2.14. The lowest BCUT2D eigenvalue weighted by molar-refractivity contribution is 0.206. The smallest absolute Gasteiger partial charge is 0.167 e. The molecule has 3 aromatic rings. The number of aryl methyl sites for hydroxylation is 1. The van der Waals surface area contributed by atoms with Gasteiger partial charge in [0.25, 0.3) is 0 Å². The standard InChI is InChI=1S/C19H24N6O2/c1-13-11-17(24-23-13)20-16-12-18(25(2)9-10-26-3)22-19(21-16)14-7-5-6-8-15(14)27-4/h5-8,11-12H,9-10H2,1-4H3,(H2,20,21,22,23,24). The number of para-hydroxylation sites is 1. The van der Waals surface area contributed by atoms with Gasteiger partial charge in [0.15, 0.2) is 11.6 Å². The van der Waals surface area contributed by atoms with E-state index in [4.69, 9.17) is 14.5 Å². The summed E-state index contributed by atoms with van der Waals surface area (Å²) in [5, 5.41) is 10.4. The predicted octanol–water partition coefficient (Wildman–Crippen LogP) is 3.01. The lowest BCUT2D eigenvalue weighted by Gasteiger charge is -2.19. The topological polar surface area (TPSA) is 88.2 Å². The van der Waals surface area contributed by atoms with Gasteiger partial charge in [-0.2, -0.15) is 5.10 Å². The number of nitrogens with zero attached hydrogens (tertiary/aromatic N) is 4. The molecule has 0 aliphatic heterocycles. The Labute approximate surface area is 158 Å². The zero-order chi connectivity index (χ0) is 19.2. The van der Waals surface area contributed by atoms with Crippen LogP contribution in [-0.2, 0) is 4.74 Å². The fourth-order valence-electron chi connectivity index (χ4n) is 2.60. The first-order chi connectivity index (χ1) is 13.1. The molecule has 1 aromatic carbocycles. The molecule has 2 N–H and O–H groups in total. The SMILES string of the molecule is COCCN(C)c1cc(Nc2cc(C)[nH]n2)nc(-c2ccccc2OC)n1. The molecule has 3 rings (SSSR count). The van der Waals surface area contributed by atoms with Gasteiger partial charge in [0.1, 0.15) is 17.4 Å². The first-order valence-corrected chi connectivity index (χ1v) is 8.62. The number of aromatic nitrogens is 4. The minimum Gasteiger partial charge on any atom is -0.496 e. The molecule has 0 spiro atoms. The van der Waals surface area contributed by atoms with Crippen LogP contribution in [-0.4, -0.2) is 54.6 Å². The fraction of sp³-hybridized carbons (Fsp3) is 0.316. The number of anilines is 3. The van der Waals surface area contributed by atoms with E-state index in [1.807, 2.05) is 55.3 Å². The van der Waals surface area contributed by atoms with Gasteiger partial charge in [-0.15, -0.1) is 0 Å². The van der Waals surface area contributed by atoms with E-state index in [0.29, 0.717) is 30.6 Å². The molecule has 0 saturated heterocycles. The van der Waals surface area contributed by atoms with Crippen LogP contribution in [0.25, 0.3) is 11.4 Å². The van der Waals surface area contributed by atoms with Crippen LogP contribution in [0.4, 0.5) is 17.5 Å². The van der Waals surface area contributed by atoms with Gasteiger partial charge in [0, 0.05) is 38.5 Å². The number of rotatable bonds is 8. The maximum atomic E-state index is 5.48. The molecule has 0 unspecified atom stereocenters. The van der Waals surface area contributed by atoms with Crippen molar-refractivity contribution in [2.75, 3.05) is 44.6 Å². The Morgan fingerprint density at radius 2 is 1.93 bits per heavy atom. The Balaban J connectivity index is 2.02. The van der Waals surface area contributed by atoms with Crippen LogP contribution >= 0.6 is 0 Å². The number of ether oxygens (including phenoxy) is 2. The minimum atomic E-state index is 0.573. The van der Waals surface area contributed by atoms with Crippen LogP contribution in [0.5, 0.6) is 5.75 Å². The van der Waals surface area contributed by atoms with Gasteiger partial charge >= 0.3 is 0 Å². The zero-order valence-corrected chi connectivity index (χ0v) is 16.0. The monoisotopic (exact) mass is 368 g/mol. The number of nitrogens with one attached hydrogen (secondary N) is 2. The van der Waals surface area contributed by atoms with Crippen molar-refractivity contribution in [3.63, 3.8) is 0 Å². The van der Waals surface area contributed by atoms with Crippen LogP contribution in [0, 0.1) is 6.92 Å². The number of aromatic amines is 1. The molecule has 2 heterocycles. The molecule has 27 heavy (non-hydrogen) atoms. The molecule has 2 aromatic heterocycles. The van der Waals surface area contributed by atoms with Crippen molar-refractivity contribution < 1.29 is 9.47 Å². The summed E-state index contributed by atoms with van der Waals surface area (Å²) in [6, 6.07) is 11.5. The number of H-pyrrole nitrogens is 1. The quantitative estimate of drug-likeness (QED) is 0.632. The van der Waals surface area contributed by atoms with E-state index in [0.717, 1.165) is 22.8 Å². The number of methoxy groups -OCH3 is 2. The molecular weight excluding hydrogens is 344 g/mol. The van der Waals surface area contributed by atoms with Crippen LogP contribution in [0.3, 0.4) is 0 Å². The molecule has 0 aliphatic rings. The second-order valence-corrected chi connectivity index (χ2v) is 6.11. The molecule has 8 nitrogen and oxygen atoms in total. The van der Waals surface area contributed by atoms with Crippen molar-refractivity contribution >= 4 is 17.5 Å². The molecule has 142 valence electrons. The second kappa shape index (κ2) is 8.50. The maximum Gasteiger partial charge on any atom is 0.167 e. The minimum absolute atomic E-state index is 0.573. The Kier molecular flexibility index (Phi) is 5.87. The molecule has 0 atom stereocenters. The summed E-state index contributed by atoms with van der Waals surface area (Å²) in [7, 11) is 5.29. The molecule has 8 heteroatoms. The van der Waals surface area contributed by atoms with Crippen molar-refractivity contribution in [3.8, 4) is 17.1 Å². The summed E-state index contributed by atoms with van der Waals surface area (Å²) in [4.78, 5) is 11.4. The van der Waals surface area contributed by atoms with E-state index < -0.39 is 0 Å². The Bertz CT molecular complexity index is 895. The number of hydrogen-bond donors (Lipinski definition) is 2. The van der Waals surface area contributed by atoms with Gasteiger partial charge < -0.3 is 19.7 Å². The third-order valence-electron chi connectivity index (χ3n) is 4.04. The lowest BCUT2D eigenvalue weighted by Crippen LogP contribution is -2.23. The van der Waals surface area contributed by atoms with Gasteiger partial charge in [0.2, 0.25) is 0 Å². The lowest BCUT2D eigenvalue weighted by atomic mass is 10.2. The van der Waals surface area contributed by atoms with Crippen molar-refractivity contribution in [2.45, 2.75) is 6.92 Å². The Morgan fingerprint density at radius 3 is 2.63 bits per heavy atom. The van der Waals surface area contributed by atoms with Crippen LogP contribution < -0.4 is 15.0 Å². The summed E-state index contributed by atoms with van der Waals surface area (Å²) >= 11 is 0. The first kappa shape index (κ1) is 18.7. The average molecular weight is 368 g/mol. The van der Waals surface area contributed by atoms with Gasteiger partial charge in [0.05, 0.1) is 19.3 Å². The molecule has 0 amide bonds. The number of hydrogen-bond acceptors (Lipinski definition) is 7. The number of benzene rings is 1. The van der Waals surface area contributed by atoms with Gasteiger partial charge in [-0.3, -0.25) is 5.10 Å². The fourth-order valence-corrected chi connectivity index (χ4v) is 2.60. The van der Waals surface area contributed by atoms with Crippen LogP contribution in [0.1, 0.15) is 5.69 Å². The summed E-state index contributed by atoms with van der Waals surface area (Å²) in [6.45, 7) is 3.26. The van der Waals surface area contributed by atoms with E-state index in [2.05, 4.69) is 20.5 Å². The summed E-state index contributed by atoms with van der Waals surface area (Å²) in [6.07, 6.45) is 0. The molecule has 0 aliphatic carbocycles. The van der Waals surface area contributed by atoms with Gasteiger partial charge in [-0.05, 0) is 19.1 Å². The normalized spacial score (nSPS) is 10.7. The summed E-state index contributed by atoms with van der Waals surface area (Å²) in [5.74, 6) is 3.41. The van der Waals surface area contributed by atoms with Crippen LogP contribution in [0.2, 0.25) is 0 Å². The molecular formula is C19H24N6O2. The van der Waals surface area contributed by atoms with Crippen molar-refractivity contribution in [3.05, 3.63) is 42.1 Å². The molecule has 0 fully saturated rings. The second-order valence-electron chi connectivity index (χ2n) is 6.11. The van der Waals surface area contributed by atoms with Crippen LogP contribution in [0.15, 0.2) is 36.4 Å². The van der Waals surface area contributed by atoms with E-state index in [1.54, 1.807) is 14.2 Å². The van der Waals surface area contributed by atoms with Crippen molar-refractivity contribution in [1.29, 1.82) is 0 Å².